The summed E-state index contributed by atoms with van der Waals surface area (Å²) in [6.07, 6.45) is 0.818. The highest BCUT2D eigenvalue weighted by atomic mass is 17.2. The molecule has 0 aromatic rings. The molecule has 0 aromatic carbocycles. The van der Waals surface area contributed by atoms with Gasteiger partial charge in [0.05, 0.1) is 32.5 Å². The summed E-state index contributed by atoms with van der Waals surface area (Å²) in [6.45, 7) is 1.24. The average molecular weight is 336 g/mol. The Kier molecular flexibility index (Phi) is 14.0. The third-order valence-electron chi connectivity index (χ3n) is 2.28. The molecule has 23 heavy (non-hydrogen) atoms. The van der Waals surface area contributed by atoms with Crippen LogP contribution in [0.1, 0.15) is 25.7 Å². The van der Waals surface area contributed by atoms with Gasteiger partial charge in [0.15, 0.2) is 0 Å². The van der Waals surface area contributed by atoms with E-state index in [0.717, 1.165) is 0 Å². The van der Waals surface area contributed by atoms with Crippen molar-refractivity contribution in [3.8, 4) is 0 Å². The van der Waals surface area contributed by atoms with Crippen molar-refractivity contribution < 1.29 is 38.5 Å². The lowest BCUT2D eigenvalue weighted by Gasteiger charge is -2.06. The summed E-state index contributed by atoms with van der Waals surface area (Å²) in [5.74, 6) is -1.51. The number of amides is 1. The van der Waals surface area contributed by atoms with Crippen molar-refractivity contribution in [1.82, 2.24) is 5.48 Å². The van der Waals surface area contributed by atoms with Gasteiger partial charge in [-0.25, -0.2) is 4.79 Å². The van der Waals surface area contributed by atoms with Crippen molar-refractivity contribution >= 4 is 17.8 Å². The molecule has 134 valence electrons. The maximum absolute atomic E-state index is 11.2. The molecule has 10 nitrogen and oxygen atoms in total. The molecule has 0 aliphatic rings. The second-order valence-corrected chi connectivity index (χ2v) is 4.25. The zero-order chi connectivity index (χ0) is 17.3. The van der Waals surface area contributed by atoms with Gasteiger partial charge in [-0.1, -0.05) is 0 Å². The highest BCUT2D eigenvalue weighted by Gasteiger charge is 2.05. The Morgan fingerprint density at radius 2 is 1.48 bits per heavy atom. The molecule has 0 aromatic heterocycles. The van der Waals surface area contributed by atoms with E-state index in [9.17, 15) is 14.4 Å². The fourth-order valence-electron chi connectivity index (χ4n) is 1.23. The van der Waals surface area contributed by atoms with Crippen LogP contribution in [0.2, 0.25) is 0 Å². The van der Waals surface area contributed by atoms with Crippen LogP contribution in [0.3, 0.4) is 0 Å². The summed E-state index contributed by atoms with van der Waals surface area (Å²) in [7, 11) is 1.50. The Hall–Kier alpha value is -1.75. The smallest absolute Gasteiger partial charge is 0.344 e. The number of hydrogen-bond donors (Lipinski definition) is 2. The fourth-order valence-corrected chi connectivity index (χ4v) is 1.23. The summed E-state index contributed by atoms with van der Waals surface area (Å²) in [5, 5.41) is 0. The zero-order valence-electron chi connectivity index (χ0n) is 13.2. The number of ether oxygens (including phenoxy) is 2. The maximum Gasteiger partial charge on any atom is 0.344 e. The minimum atomic E-state index is -0.589. The summed E-state index contributed by atoms with van der Waals surface area (Å²) in [5.41, 5.74) is 7.16. The van der Waals surface area contributed by atoms with Crippen LogP contribution in [0, 0.1) is 0 Å². The van der Waals surface area contributed by atoms with E-state index in [1.807, 2.05) is 0 Å². The molecule has 0 atom stereocenters. The Labute approximate surface area is 134 Å². The lowest BCUT2D eigenvalue weighted by atomic mass is 10.4. The number of carbonyl (C=O) groups excluding carboxylic acids is 3. The normalized spacial score (nSPS) is 10.3. The van der Waals surface area contributed by atoms with Crippen molar-refractivity contribution in [2.45, 2.75) is 25.7 Å². The molecule has 0 aliphatic heterocycles. The predicted octanol–water partition coefficient (Wildman–Crippen LogP) is -0.782. The minimum Gasteiger partial charge on any atom is -0.381 e. The Bertz CT molecular complexity index is 351. The van der Waals surface area contributed by atoms with Crippen LogP contribution in [-0.4, -0.2) is 57.9 Å². The van der Waals surface area contributed by atoms with E-state index >= 15 is 0 Å². The lowest BCUT2D eigenvalue weighted by Crippen LogP contribution is -2.17. The number of hydroxylamine groups is 1. The van der Waals surface area contributed by atoms with Gasteiger partial charge in [0, 0.05) is 20.3 Å². The second-order valence-electron chi connectivity index (χ2n) is 4.25. The standard InChI is InChI=1S/C13H24N2O8/c1-15-22-12(17)4-8-19-6-2-7-20-9-5-13(18)23-21-10-3-11(14)16/h15H,2-10H2,1H3,(H2,14,16). The summed E-state index contributed by atoms with van der Waals surface area (Å²) >= 11 is 0. The van der Waals surface area contributed by atoms with Crippen molar-refractivity contribution in [2.75, 3.05) is 40.1 Å². The molecule has 0 unspecified atom stereocenters. The summed E-state index contributed by atoms with van der Waals surface area (Å²) < 4.78 is 10.4. The number of hydrogen-bond acceptors (Lipinski definition) is 9. The summed E-state index contributed by atoms with van der Waals surface area (Å²) in [4.78, 5) is 45.9. The molecule has 0 aliphatic carbocycles. The van der Waals surface area contributed by atoms with Gasteiger partial charge in [-0.3, -0.25) is 14.5 Å². The molecule has 0 radical (unpaired) electrons. The molecular weight excluding hydrogens is 312 g/mol. The monoisotopic (exact) mass is 336 g/mol. The Morgan fingerprint density at radius 1 is 0.870 bits per heavy atom. The van der Waals surface area contributed by atoms with Gasteiger partial charge in [-0.05, 0) is 6.42 Å². The third kappa shape index (κ3) is 16.4. The quantitative estimate of drug-likeness (QED) is 0.224. The lowest BCUT2D eigenvalue weighted by molar-refractivity contribution is -0.272. The zero-order valence-corrected chi connectivity index (χ0v) is 13.2. The summed E-state index contributed by atoms with van der Waals surface area (Å²) in [6, 6.07) is 0. The fraction of sp³-hybridized carbons (Fsp3) is 0.769. The molecular formula is C13H24N2O8. The van der Waals surface area contributed by atoms with E-state index in [0.29, 0.717) is 19.6 Å². The van der Waals surface area contributed by atoms with E-state index < -0.39 is 11.9 Å². The molecule has 1 amide bonds. The Morgan fingerprint density at radius 3 is 2.04 bits per heavy atom. The maximum atomic E-state index is 11.2. The van der Waals surface area contributed by atoms with Crippen molar-refractivity contribution in [3.05, 3.63) is 0 Å². The predicted molar refractivity (Wildman–Crippen MR) is 76.5 cm³/mol. The first kappa shape index (κ1) is 21.2. The van der Waals surface area contributed by atoms with Crippen LogP contribution in [0.15, 0.2) is 0 Å². The van der Waals surface area contributed by atoms with E-state index in [-0.39, 0.29) is 45.1 Å². The molecule has 0 spiro atoms. The van der Waals surface area contributed by atoms with E-state index in [2.05, 4.69) is 20.1 Å². The number of nitrogens with two attached hydrogens (primary N) is 1. The molecule has 0 saturated carbocycles. The Balaban J connectivity index is 3.24. The number of nitrogens with one attached hydrogen (secondary N) is 1. The minimum absolute atomic E-state index is 0.0174. The second kappa shape index (κ2) is 15.2. The highest BCUT2D eigenvalue weighted by molar-refractivity contribution is 5.73. The van der Waals surface area contributed by atoms with Gasteiger partial charge >= 0.3 is 11.9 Å². The topological polar surface area (TPSA) is 135 Å². The van der Waals surface area contributed by atoms with E-state index in [1.165, 1.54) is 7.05 Å². The molecule has 0 bridgehead atoms. The molecule has 10 heteroatoms. The van der Waals surface area contributed by atoms with Crippen LogP contribution in [0.4, 0.5) is 0 Å². The highest BCUT2D eigenvalue weighted by Crippen LogP contribution is 1.93. The van der Waals surface area contributed by atoms with Crippen molar-refractivity contribution in [3.63, 3.8) is 0 Å². The van der Waals surface area contributed by atoms with E-state index in [4.69, 9.17) is 15.2 Å². The molecule has 0 heterocycles. The number of carbonyl (C=O) groups is 3. The van der Waals surface area contributed by atoms with Gasteiger partial charge in [-0.15, -0.1) is 0 Å². The molecule has 0 rings (SSSR count). The first-order chi connectivity index (χ1) is 11.1. The number of primary amides is 1. The van der Waals surface area contributed by atoms with Crippen LogP contribution >= 0.6 is 0 Å². The SMILES string of the molecule is CNOC(=O)CCOCCCOCCC(=O)OOCCC(N)=O. The van der Waals surface area contributed by atoms with Gasteiger partial charge in [0.2, 0.25) is 5.91 Å². The third-order valence-corrected chi connectivity index (χ3v) is 2.28. The average Bonchev–Trinajstić information content (AvgIpc) is 2.50. The number of rotatable bonds is 15. The molecule has 0 fully saturated rings. The first-order valence-electron chi connectivity index (χ1n) is 7.18. The van der Waals surface area contributed by atoms with Gasteiger partial charge < -0.3 is 20.0 Å². The van der Waals surface area contributed by atoms with Crippen LogP contribution in [-0.2, 0) is 38.5 Å². The molecule has 0 saturated heterocycles. The largest absolute Gasteiger partial charge is 0.381 e. The van der Waals surface area contributed by atoms with Crippen LogP contribution in [0.5, 0.6) is 0 Å². The van der Waals surface area contributed by atoms with Crippen LogP contribution < -0.4 is 11.2 Å². The van der Waals surface area contributed by atoms with Gasteiger partial charge in [0.25, 0.3) is 0 Å². The van der Waals surface area contributed by atoms with Crippen molar-refractivity contribution in [1.29, 1.82) is 0 Å². The molecule has 3 N–H and O–H groups in total. The van der Waals surface area contributed by atoms with Gasteiger partial charge in [0.1, 0.15) is 6.61 Å². The first-order valence-corrected chi connectivity index (χ1v) is 7.18. The van der Waals surface area contributed by atoms with Gasteiger partial charge in [-0.2, -0.15) is 10.4 Å². The van der Waals surface area contributed by atoms with Crippen LogP contribution in [0.25, 0.3) is 0 Å². The van der Waals surface area contributed by atoms with Crippen molar-refractivity contribution in [2.24, 2.45) is 5.73 Å². The van der Waals surface area contributed by atoms with E-state index in [1.54, 1.807) is 0 Å².